The second-order valence-electron chi connectivity index (χ2n) is 12.5. The summed E-state index contributed by atoms with van der Waals surface area (Å²) in [5.74, 6) is -3.11. The Balaban J connectivity index is 2.31. The van der Waals surface area contributed by atoms with Crippen LogP contribution in [-0.2, 0) is 28.6 Å². The molecule has 3 rings (SSSR count). The fraction of sp³-hybridized carbons (Fsp3) is 0.815. The normalized spacial score (nSPS) is 43.8. The molecule has 1 heterocycles. The minimum Gasteiger partial charge on any atom is -0.456 e. The van der Waals surface area contributed by atoms with E-state index in [1.54, 1.807) is 32.8 Å². The molecular formula is C27H43NO9. The van der Waals surface area contributed by atoms with Crippen molar-refractivity contribution in [2.45, 2.75) is 102 Å². The first-order chi connectivity index (χ1) is 16.8. The minimum absolute atomic E-state index is 0.0114. The van der Waals surface area contributed by atoms with E-state index >= 15 is 0 Å². The summed E-state index contributed by atoms with van der Waals surface area (Å²) in [5, 5.41) is 34.5. The van der Waals surface area contributed by atoms with Crippen LogP contribution >= 0.6 is 0 Å². The fourth-order valence-corrected chi connectivity index (χ4v) is 7.38. The molecule has 2 saturated carbocycles. The van der Waals surface area contributed by atoms with Gasteiger partial charge in [0.1, 0.15) is 11.7 Å². The third-order valence-corrected chi connectivity index (χ3v) is 9.06. The fourth-order valence-electron chi connectivity index (χ4n) is 7.38. The Morgan fingerprint density at radius 1 is 1.22 bits per heavy atom. The van der Waals surface area contributed by atoms with E-state index < -0.39 is 75.7 Å². The number of carbonyl (C=O) groups excluding carboxylic acids is 3. The molecule has 2 aliphatic carbocycles. The maximum atomic E-state index is 14.0. The smallest absolute Gasteiger partial charge is 0.336 e. The van der Waals surface area contributed by atoms with Crippen LogP contribution in [0.2, 0.25) is 0 Å². The van der Waals surface area contributed by atoms with Gasteiger partial charge in [0.15, 0.2) is 23.6 Å². The molecule has 1 aliphatic heterocycles. The quantitative estimate of drug-likeness (QED) is 0.339. The highest BCUT2D eigenvalue weighted by molar-refractivity contribution is 5.92. The Morgan fingerprint density at radius 3 is 2.32 bits per heavy atom. The summed E-state index contributed by atoms with van der Waals surface area (Å²) >= 11 is 0. The predicted molar refractivity (Wildman–Crippen MR) is 133 cm³/mol. The summed E-state index contributed by atoms with van der Waals surface area (Å²) in [5.41, 5.74) is -7.71. The van der Waals surface area contributed by atoms with Gasteiger partial charge in [-0.05, 0) is 46.2 Å². The first-order valence-corrected chi connectivity index (χ1v) is 12.8. The van der Waals surface area contributed by atoms with E-state index in [1.165, 1.54) is 19.9 Å². The third-order valence-electron chi connectivity index (χ3n) is 9.06. The van der Waals surface area contributed by atoms with Crippen LogP contribution in [0.4, 0.5) is 0 Å². The maximum Gasteiger partial charge on any atom is 0.336 e. The highest BCUT2D eigenvalue weighted by Gasteiger charge is 2.82. The number of aliphatic hydroxyl groups excluding tert-OH is 2. The van der Waals surface area contributed by atoms with Gasteiger partial charge >= 0.3 is 11.9 Å². The summed E-state index contributed by atoms with van der Waals surface area (Å²) in [4.78, 5) is 41.1. The molecule has 0 bridgehead atoms. The van der Waals surface area contributed by atoms with Gasteiger partial charge < -0.3 is 34.4 Å². The number of fused-ring (bicyclic) bond motifs is 3. The van der Waals surface area contributed by atoms with Crippen LogP contribution in [0.3, 0.4) is 0 Å². The van der Waals surface area contributed by atoms with E-state index in [9.17, 15) is 29.7 Å². The van der Waals surface area contributed by atoms with Crippen LogP contribution in [0, 0.1) is 16.7 Å². The average molecular weight is 526 g/mol. The average Bonchev–Trinajstić information content (AvgIpc) is 2.76. The number of hydrogen-bond donors (Lipinski definition) is 3. The van der Waals surface area contributed by atoms with Crippen LogP contribution in [0.5, 0.6) is 0 Å². The lowest BCUT2D eigenvalue weighted by molar-refractivity contribution is -0.371. The number of nitrogens with zero attached hydrogens (tertiary/aromatic N) is 1. The molecule has 37 heavy (non-hydrogen) atoms. The monoisotopic (exact) mass is 525 g/mol. The molecule has 9 atom stereocenters. The summed E-state index contributed by atoms with van der Waals surface area (Å²) in [7, 11) is 3.38. The number of likely N-dealkylation sites (N-methyl/N-ethyl adjacent to an activating group) is 1. The van der Waals surface area contributed by atoms with Crippen molar-refractivity contribution in [2.75, 3.05) is 20.6 Å². The summed E-state index contributed by atoms with van der Waals surface area (Å²) < 4.78 is 18.1. The summed E-state index contributed by atoms with van der Waals surface area (Å²) in [6.45, 7) is 13.4. The number of hydrogen-bond acceptors (Lipinski definition) is 10. The van der Waals surface area contributed by atoms with E-state index in [0.717, 1.165) is 0 Å². The van der Waals surface area contributed by atoms with Gasteiger partial charge in [-0.2, -0.15) is 0 Å². The van der Waals surface area contributed by atoms with Crippen LogP contribution in [0.1, 0.15) is 60.8 Å². The van der Waals surface area contributed by atoms with Crippen molar-refractivity contribution in [2.24, 2.45) is 16.7 Å². The first-order valence-electron chi connectivity index (χ1n) is 12.8. The molecule has 0 aromatic carbocycles. The molecule has 10 heteroatoms. The SMILES string of the molecule is C=C[C@@]1(C)CC(=O)[C@]2(O)[C@@]3(C)[C@@H](O)CCC(C)(C)[C@@H]3[C@H](OC(=O)C(O)CN(C)C)[C@H](OC(C)=O)[C@@]2(C)O1. The Bertz CT molecular complexity index is 966. The standard InChI is InChI=1S/C27H43NO9/c1-10-24(5)13-18(32)27(34)25(6)17(31)11-12-23(3,4)20(25)19(36-22(33)16(30)14-28(8)9)21(35-15(2)29)26(27,7)37-24/h10,16-17,19-21,30-31,34H,1,11-14H2,2-9H3/t16?,17-,19-,20-,21-,24-,25-,26+,27-/m0/s1. The Hall–Kier alpha value is -1.85. The van der Waals surface area contributed by atoms with Crippen LogP contribution in [0.25, 0.3) is 0 Å². The lowest BCUT2D eigenvalue weighted by Gasteiger charge is -2.71. The molecule has 210 valence electrons. The molecule has 0 amide bonds. The summed E-state index contributed by atoms with van der Waals surface area (Å²) in [6.07, 6.45) is -3.35. The van der Waals surface area contributed by atoms with Gasteiger partial charge in [0.05, 0.1) is 11.7 Å². The molecule has 3 aliphatic rings. The van der Waals surface area contributed by atoms with E-state index in [1.807, 2.05) is 13.8 Å². The van der Waals surface area contributed by atoms with Crippen molar-refractivity contribution in [1.82, 2.24) is 4.90 Å². The van der Waals surface area contributed by atoms with Gasteiger partial charge in [-0.1, -0.05) is 26.8 Å². The third kappa shape index (κ3) is 4.34. The van der Waals surface area contributed by atoms with E-state index in [4.69, 9.17) is 14.2 Å². The second kappa shape index (κ2) is 9.41. The second-order valence-corrected chi connectivity index (χ2v) is 12.5. The zero-order valence-corrected chi connectivity index (χ0v) is 23.2. The topological polar surface area (TPSA) is 143 Å². The van der Waals surface area contributed by atoms with Crippen molar-refractivity contribution in [3.05, 3.63) is 12.7 Å². The van der Waals surface area contributed by atoms with Crippen molar-refractivity contribution >= 4 is 17.7 Å². The number of ether oxygens (including phenoxy) is 3. The molecule has 10 nitrogen and oxygen atoms in total. The van der Waals surface area contributed by atoms with Crippen LogP contribution < -0.4 is 0 Å². The lowest BCUT2D eigenvalue weighted by atomic mass is 9.39. The zero-order chi connectivity index (χ0) is 28.4. The number of aliphatic hydroxyl groups is 3. The molecule has 0 spiro atoms. The molecule has 3 N–H and O–H groups in total. The summed E-state index contributed by atoms with van der Waals surface area (Å²) in [6, 6.07) is 0. The molecule has 0 aromatic heterocycles. The van der Waals surface area contributed by atoms with Crippen molar-refractivity contribution in [3.63, 3.8) is 0 Å². The van der Waals surface area contributed by atoms with E-state index in [2.05, 4.69) is 6.58 Å². The molecule has 1 unspecified atom stereocenters. The predicted octanol–water partition coefficient (Wildman–Crippen LogP) is 0.993. The molecule has 0 aromatic rings. The van der Waals surface area contributed by atoms with Crippen molar-refractivity contribution in [3.8, 4) is 0 Å². The van der Waals surface area contributed by atoms with Crippen molar-refractivity contribution < 1.29 is 43.9 Å². The van der Waals surface area contributed by atoms with Crippen molar-refractivity contribution in [1.29, 1.82) is 0 Å². The lowest BCUT2D eigenvalue weighted by Crippen LogP contribution is -2.87. The van der Waals surface area contributed by atoms with Gasteiger partial charge in [-0.15, -0.1) is 6.58 Å². The Morgan fingerprint density at radius 2 is 1.81 bits per heavy atom. The van der Waals surface area contributed by atoms with E-state index in [0.29, 0.717) is 6.42 Å². The largest absolute Gasteiger partial charge is 0.456 e. The molecule has 1 saturated heterocycles. The van der Waals surface area contributed by atoms with Gasteiger partial charge in [0.25, 0.3) is 0 Å². The molecule has 0 radical (unpaired) electrons. The van der Waals surface area contributed by atoms with Gasteiger partial charge in [0.2, 0.25) is 0 Å². The number of rotatable bonds is 6. The molecule has 3 fully saturated rings. The number of Topliss-reactive ketones (excluding diaryl/α,β-unsaturated/α-hetero) is 1. The van der Waals surface area contributed by atoms with Crippen LogP contribution in [-0.4, -0.2) is 99.8 Å². The first kappa shape index (κ1) is 29.7. The van der Waals surface area contributed by atoms with Gasteiger partial charge in [-0.25, -0.2) is 4.79 Å². The van der Waals surface area contributed by atoms with Gasteiger partial charge in [0, 0.05) is 31.2 Å². The maximum absolute atomic E-state index is 14.0. The zero-order valence-electron chi connectivity index (χ0n) is 23.2. The minimum atomic E-state index is -2.31. The highest BCUT2D eigenvalue weighted by Crippen LogP contribution is 2.67. The highest BCUT2D eigenvalue weighted by atomic mass is 16.6. The number of esters is 2. The van der Waals surface area contributed by atoms with Gasteiger partial charge in [-0.3, -0.25) is 9.59 Å². The number of carbonyl (C=O) groups is 3. The molecular weight excluding hydrogens is 482 g/mol. The van der Waals surface area contributed by atoms with E-state index in [-0.39, 0.29) is 19.4 Å². The van der Waals surface area contributed by atoms with Crippen LogP contribution in [0.15, 0.2) is 12.7 Å². The Kier molecular flexibility index (Phi) is 7.55. The number of ketones is 1. The Labute approximate surface area is 218 Å².